The third kappa shape index (κ3) is 2.88. The van der Waals surface area contributed by atoms with Gasteiger partial charge in [-0.2, -0.15) is 0 Å². The molecule has 0 aliphatic carbocycles. The van der Waals surface area contributed by atoms with E-state index in [2.05, 4.69) is 15.3 Å². The number of anilines is 1. The minimum atomic E-state index is -0.373. The summed E-state index contributed by atoms with van der Waals surface area (Å²) >= 11 is 5.81. The zero-order valence-corrected chi connectivity index (χ0v) is 10.3. The Morgan fingerprint density at radius 2 is 2.11 bits per heavy atom. The molecular formula is C12H13ClN4O. The van der Waals surface area contributed by atoms with E-state index < -0.39 is 0 Å². The van der Waals surface area contributed by atoms with Crippen LogP contribution in [0.2, 0.25) is 5.02 Å². The van der Waals surface area contributed by atoms with Gasteiger partial charge < -0.3 is 16.0 Å². The quantitative estimate of drug-likeness (QED) is 0.782. The third-order valence-corrected chi connectivity index (χ3v) is 2.86. The Morgan fingerprint density at radius 3 is 2.83 bits per heavy atom. The highest BCUT2D eigenvalue weighted by atomic mass is 35.5. The van der Waals surface area contributed by atoms with Gasteiger partial charge in [0.2, 0.25) is 0 Å². The fourth-order valence-electron chi connectivity index (χ4n) is 1.53. The number of hydrogen-bond donors (Lipinski definition) is 3. The average Bonchev–Trinajstić information content (AvgIpc) is 2.41. The summed E-state index contributed by atoms with van der Waals surface area (Å²) in [6, 6.07) is 9.47. The molecule has 94 valence electrons. The highest BCUT2D eigenvalue weighted by molar-refractivity contribution is 6.32. The minimum absolute atomic E-state index is 0.0396. The maximum absolute atomic E-state index is 11.3. The van der Waals surface area contributed by atoms with Gasteiger partial charge in [-0.1, -0.05) is 41.9 Å². The number of nitrogens with one attached hydrogen (secondary N) is 2. The summed E-state index contributed by atoms with van der Waals surface area (Å²) < 4.78 is 0. The molecule has 18 heavy (non-hydrogen) atoms. The molecule has 6 heteroatoms. The number of nitrogens with two attached hydrogens (primary N) is 1. The van der Waals surface area contributed by atoms with E-state index in [1.54, 1.807) is 0 Å². The Balaban J connectivity index is 2.04. The van der Waals surface area contributed by atoms with Crippen molar-refractivity contribution in [3.63, 3.8) is 0 Å². The van der Waals surface area contributed by atoms with Crippen LogP contribution < -0.4 is 16.6 Å². The molecule has 0 amide bonds. The molecule has 4 N–H and O–H groups in total. The topological polar surface area (TPSA) is 83.8 Å². The first-order valence-electron chi connectivity index (χ1n) is 5.46. The van der Waals surface area contributed by atoms with Gasteiger partial charge in [0, 0.05) is 12.6 Å². The predicted molar refractivity (Wildman–Crippen MR) is 71.7 cm³/mol. The van der Waals surface area contributed by atoms with Gasteiger partial charge >= 0.3 is 0 Å². The van der Waals surface area contributed by atoms with E-state index in [-0.39, 0.29) is 16.6 Å². The normalized spacial score (nSPS) is 12.1. The summed E-state index contributed by atoms with van der Waals surface area (Å²) in [5, 5.41) is 3.00. The molecule has 2 aromatic rings. The van der Waals surface area contributed by atoms with E-state index in [4.69, 9.17) is 17.3 Å². The highest BCUT2D eigenvalue weighted by Gasteiger charge is 2.08. The van der Waals surface area contributed by atoms with Crippen molar-refractivity contribution in [3.05, 3.63) is 57.6 Å². The molecule has 0 saturated heterocycles. The summed E-state index contributed by atoms with van der Waals surface area (Å²) in [6.45, 7) is 0.445. The molecule has 5 nitrogen and oxygen atoms in total. The van der Waals surface area contributed by atoms with Crippen LogP contribution >= 0.6 is 11.6 Å². The van der Waals surface area contributed by atoms with Crippen LogP contribution in [-0.4, -0.2) is 16.5 Å². The zero-order chi connectivity index (χ0) is 13.0. The number of aromatic nitrogens is 2. The van der Waals surface area contributed by atoms with Crippen molar-refractivity contribution in [2.45, 2.75) is 6.04 Å². The number of hydrogen-bond acceptors (Lipinski definition) is 4. The molecule has 0 bridgehead atoms. The van der Waals surface area contributed by atoms with Gasteiger partial charge in [-0.15, -0.1) is 0 Å². The Hall–Kier alpha value is -1.85. The van der Waals surface area contributed by atoms with E-state index in [1.165, 1.54) is 6.33 Å². The van der Waals surface area contributed by atoms with Crippen molar-refractivity contribution in [2.75, 3.05) is 11.9 Å². The largest absolute Gasteiger partial charge is 0.367 e. The second kappa shape index (κ2) is 5.66. The van der Waals surface area contributed by atoms with Gasteiger partial charge in [0.05, 0.1) is 6.33 Å². The molecule has 1 aromatic carbocycles. The number of aromatic amines is 1. The minimum Gasteiger partial charge on any atom is -0.367 e. The van der Waals surface area contributed by atoms with Gasteiger partial charge in [0.25, 0.3) is 5.56 Å². The van der Waals surface area contributed by atoms with Gasteiger partial charge in [0.15, 0.2) is 5.82 Å². The highest BCUT2D eigenvalue weighted by Crippen LogP contribution is 2.14. The molecule has 0 aliphatic rings. The molecule has 2 rings (SSSR count). The van der Waals surface area contributed by atoms with Crippen LogP contribution in [0.15, 0.2) is 41.5 Å². The molecule has 0 spiro atoms. The summed E-state index contributed by atoms with van der Waals surface area (Å²) in [5.41, 5.74) is 6.64. The van der Waals surface area contributed by atoms with E-state index in [0.717, 1.165) is 5.56 Å². The fourth-order valence-corrected chi connectivity index (χ4v) is 1.70. The lowest BCUT2D eigenvalue weighted by Gasteiger charge is -2.13. The summed E-state index contributed by atoms with van der Waals surface area (Å²) in [4.78, 5) is 17.6. The first-order valence-corrected chi connectivity index (χ1v) is 5.84. The molecule has 1 heterocycles. The fraction of sp³-hybridized carbons (Fsp3) is 0.167. The molecule has 1 atom stereocenters. The summed E-state index contributed by atoms with van der Waals surface area (Å²) in [5.74, 6) is 0.340. The number of nitrogens with zero attached hydrogens (tertiary/aromatic N) is 1. The average molecular weight is 265 g/mol. The van der Waals surface area contributed by atoms with Gasteiger partial charge in [0.1, 0.15) is 5.02 Å². The monoisotopic (exact) mass is 264 g/mol. The molecule has 0 aliphatic heterocycles. The molecule has 0 saturated carbocycles. The Morgan fingerprint density at radius 1 is 1.39 bits per heavy atom. The predicted octanol–water partition coefficient (Wildman–Crippen LogP) is 1.54. The van der Waals surface area contributed by atoms with E-state index in [1.807, 2.05) is 30.3 Å². The maximum atomic E-state index is 11.3. The zero-order valence-electron chi connectivity index (χ0n) is 9.56. The second-order valence-corrected chi connectivity index (χ2v) is 4.17. The Bertz CT molecular complexity index is 570. The van der Waals surface area contributed by atoms with E-state index >= 15 is 0 Å². The van der Waals surface area contributed by atoms with Crippen LogP contribution in [0.4, 0.5) is 5.82 Å². The van der Waals surface area contributed by atoms with Crippen molar-refractivity contribution in [1.29, 1.82) is 0 Å². The number of rotatable bonds is 4. The lowest BCUT2D eigenvalue weighted by molar-refractivity contribution is 0.761. The first-order chi connectivity index (χ1) is 8.68. The van der Waals surface area contributed by atoms with Crippen LogP contribution in [0, 0.1) is 0 Å². The van der Waals surface area contributed by atoms with Crippen LogP contribution in [0.3, 0.4) is 0 Å². The molecule has 1 aromatic heterocycles. The number of H-pyrrole nitrogens is 1. The van der Waals surface area contributed by atoms with Crippen molar-refractivity contribution < 1.29 is 0 Å². The lowest BCUT2D eigenvalue weighted by Crippen LogP contribution is -2.22. The van der Waals surface area contributed by atoms with E-state index in [0.29, 0.717) is 12.4 Å². The van der Waals surface area contributed by atoms with Crippen LogP contribution in [-0.2, 0) is 0 Å². The maximum Gasteiger partial charge on any atom is 0.271 e. The van der Waals surface area contributed by atoms with Gasteiger partial charge in [-0.3, -0.25) is 4.79 Å². The molecule has 1 unspecified atom stereocenters. The van der Waals surface area contributed by atoms with Crippen molar-refractivity contribution in [1.82, 2.24) is 9.97 Å². The number of halogens is 1. The standard InChI is InChI=1S/C12H13ClN4O/c13-10-11(16-7-17-12(10)18)15-6-9(14)8-4-2-1-3-5-8/h1-5,7,9H,6,14H2,(H2,15,16,17,18). The summed E-state index contributed by atoms with van der Waals surface area (Å²) in [6.07, 6.45) is 1.30. The molecule has 0 fully saturated rings. The van der Waals surface area contributed by atoms with Crippen molar-refractivity contribution in [2.24, 2.45) is 5.73 Å². The smallest absolute Gasteiger partial charge is 0.271 e. The second-order valence-electron chi connectivity index (χ2n) is 3.79. The van der Waals surface area contributed by atoms with Gasteiger partial charge in [-0.25, -0.2) is 4.98 Å². The van der Waals surface area contributed by atoms with Crippen LogP contribution in [0.1, 0.15) is 11.6 Å². The third-order valence-electron chi connectivity index (χ3n) is 2.51. The SMILES string of the molecule is NC(CNc1nc[nH]c(=O)c1Cl)c1ccccc1. The van der Waals surface area contributed by atoms with E-state index in [9.17, 15) is 4.79 Å². The summed E-state index contributed by atoms with van der Waals surface area (Å²) in [7, 11) is 0. The van der Waals surface area contributed by atoms with Crippen LogP contribution in [0.5, 0.6) is 0 Å². The lowest BCUT2D eigenvalue weighted by atomic mass is 10.1. The molecular weight excluding hydrogens is 252 g/mol. The number of benzene rings is 1. The van der Waals surface area contributed by atoms with Crippen LogP contribution in [0.25, 0.3) is 0 Å². The van der Waals surface area contributed by atoms with Crippen molar-refractivity contribution >= 4 is 17.4 Å². The Labute approximate surface area is 109 Å². The molecule has 0 radical (unpaired) electrons. The van der Waals surface area contributed by atoms with Crippen molar-refractivity contribution in [3.8, 4) is 0 Å². The Kier molecular flexibility index (Phi) is 3.96. The van der Waals surface area contributed by atoms with Gasteiger partial charge in [-0.05, 0) is 5.56 Å². The first kappa shape index (κ1) is 12.6.